The summed E-state index contributed by atoms with van der Waals surface area (Å²) in [5.74, 6) is -3.32. The van der Waals surface area contributed by atoms with Crippen LogP contribution in [0.4, 0.5) is 28.9 Å². The van der Waals surface area contributed by atoms with Gasteiger partial charge in [-0.15, -0.1) is 0 Å². The summed E-state index contributed by atoms with van der Waals surface area (Å²) in [5, 5.41) is 12.4. The zero-order valence-corrected chi connectivity index (χ0v) is 17.9. The van der Waals surface area contributed by atoms with Gasteiger partial charge in [-0.3, -0.25) is 19.7 Å². The lowest BCUT2D eigenvalue weighted by atomic mass is 10.1. The molecule has 0 spiro atoms. The first kappa shape index (κ1) is 23.6. The number of rotatable bonds is 6. The van der Waals surface area contributed by atoms with E-state index in [1.54, 1.807) is 36.5 Å². The zero-order chi connectivity index (χ0) is 25.0. The quantitative estimate of drug-likeness (QED) is 0.258. The first-order valence-electron chi connectivity index (χ1n) is 10.2. The van der Waals surface area contributed by atoms with Gasteiger partial charge >= 0.3 is 6.18 Å². The predicted octanol–water partition coefficient (Wildman–Crippen LogP) is 5.25. The maximum atomic E-state index is 14.1. The SMILES string of the molecule is O=C(CC(=O)Nc1cccc(C(F)(F)F)c1F)Nc1ccc2c(C=Cc3ccccn3)n[nH]c2c1. The topological polar surface area (TPSA) is 99.8 Å². The fourth-order valence-corrected chi connectivity index (χ4v) is 3.28. The number of nitrogens with one attached hydrogen (secondary N) is 3. The van der Waals surface area contributed by atoms with Gasteiger partial charge in [0.25, 0.3) is 0 Å². The van der Waals surface area contributed by atoms with Gasteiger partial charge in [0, 0.05) is 17.3 Å². The third-order valence-corrected chi connectivity index (χ3v) is 4.88. The molecule has 178 valence electrons. The monoisotopic (exact) mass is 483 g/mol. The molecule has 0 aliphatic heterocycles. The molecule has 4 aromatic rings. The number of pyridine rings is 1. The molecular weight excluding hydrogens is 466 g/mol. The number of aromatic nitrogens is 3. The minimum absolute atomic E-state index is 0.365. The Hall–Kier alpha value is -4.54. The molecule has 11 heteroatoms. The standard InChI is InChI=1S/C24H17F4N5O2/c25-23-17(24(26,27)28)5-3-6-19(23)31-22(35)13-21(34)30-15-7-9-16-18(32-33-20(16)12-15)10-8-14-4-1-2-11-29-14/h1-12H,13H2,(H,30,34)(H,31,35)(H,32,33). The maximum absolute atomic E-state index is 14.1. The van der Waals surface area contributed by atoms with E-state index in [1.165, 1.54) is 0 Å². The van der Waals surface area contributed by atoms with Gasteiger partial charge < -0.3 is 10.6 Å². The number of carbonyl (C=O) groups excluding carboxylic acids is 2. The number of halogens is 4. The summed E-state index contributed by atoms with van der Waals surface area (Å²) < 4.78 is 52.5. The number of amides is 2. The Morgan fingerprint density at radius 3 is 2.51 bits per heavy atom. The molecular formula is C24H17F4N5O2. The lowest BCUT2D eigenvalue weighted by Gasteiger charge is -2.12. The van der Waals surface area contributed by atoms with E-state index in [-0.39, 0.29) is 0 Å². The average molecular weight is 483 g/mol. The van der Waals surface area contributed by atoms with Crippen molar-refractivity contribution in [3.63, 3.8) is 0 Å². The Balaban J connectivity index is 1.39. The van der Waals surface area contributed by atoms with Crippen LogP contribution in [-0.4, -0.2) is 27.0 Å². The van der Waals surface area contributed by atoms with Gasteiger partial charge in [-0.1, -0.05) is 12.1 Å². The highest BCUT2D eigenvalue weighted by Gasteiger charge is 2.35. The Labute approximate surface area is 195 Å². The summed E-state index contributed by atoms with van der Waals surface area (Å²) in [6.45, 7) is 0. The lowest BCUT2D eigenvalue weighted by molar-refractivity contribution is -0.140. The van der Waals surface area contributed by atoms with Gasteiger partial charge in [0.2, 0.25) is 11.8 Å². The highest BCUT2D eigenvalue weighted by molar-refractivity contribution is 6.08. The second-order valence-corrected chi connectivity index (χ2v) is 7.40. The molecule has 2 aromatic carbocycles. The fraction of sp³-hybridized carbons (Fsp3) is 0.0833. The fourth-order valence-electron chi connectivity index (χ4n) is 3.28. The van der Waals surface area contributed by atoms with Gasteiger partial charge in [0.15, 0.2) is 5.82 Å². The Bertz CT molecular complexity index is 1410. The Kier molecular flexibility index (Phi) is 6.58. The molecule has 0 aliphatic rings. The minimum atomic E-state index is -4.92. The smallest absolute Gasteiger partial charge is 0.326 e. The first-order chi connectivity index (χ1) is 16.7. The van der Waals surface area contributed by atoms with Crippen molar-refractivity contribution in [1.29, 1.82) is 0 Å². The van der Waals surface area contributed by atoms with Crippen molar-refractivity contribution in [3.8, 4) is 0 Å². The van der Waals surface area contributed by atoms with Gasteiger partial charge in [-0.05, 0) is 54.6 Å². The van der Waals surface area contributed by atoms with Crippen molar-refractivity contribution in [1.82, 2.24) is 15.2 Å². The number of alkyl halides is 3. The van der Waals surface area contributed by atoms with E-state index in [0.29, 0.717) is 23.0 Å². The number of H-pyrrole nitrogens is 1. The number of anilines is 2. The molecule has 7 nitrogen and oxygen atoms in total. The Morgan fingerprint density at radius 1 is 0.971 bits per heavy atom. The molecule has 0 atom stereocenters. The first-order valence-corrected chi connectivity index (χ1v) is 10.2. The van der Waals surface area contributed by atoms with Gasteiger partial charge in [-0.25, -0.2) is 4.39 Å². The van der Waals surface area contributed by atoms with Crippen LogP contribution in [0, 0.1) is 5.82 Å². The van der Waals surface area contributed by atoms with Crippen molar-refractivity contribution >= 4 is 46.2 Å². The molecule has 2 amide bonds. The molecule has 4 rings (SSSR count). The minimum Gasteiger partial charge on any atom is -0.326 e. The van der Waals surface area contributed by atoms with Crippen LogP contribution in [-0.2, 0) is 15.8 Å². The molecule has 0 fully saturated rings. The van der Waals surface area contributed by atoms with E-state index in [9.17, 15) is 27.2 Å². The van der Waals surface area contributed by atoms with Crippen LogP contribution in [0.25, 0.3) is 23.1 Å². The molecule has 0 bridgehead atoms. The maximum Gasteiger partial charge on any atom is 0.419 e. The number of hydrogen-bond donors (Lipinski definition) is 3. The summed E-state index contributed by atoms with van der Waals surface area (Å²) in [6, 6.07) is 13.0. The molecule has 35 heavy (non-hydrogen) atoms. The molecule has 2 aromatic heterocycles. The Morgan fingerprint density at radius 2 is 1.77 bits per heavy atom. The molecule has 2 heterocycles. The number of aromatic amines is 1. The van der Waals surface area contributed by atoms with E-state index in [4.69, 9.17) is 0 Å². The summed E-state index contributed by atoms with van der Waals surface area (Å²) in [4.78, 5) is 28.5. The zero-order valence-electron chi connectivity index (χ0n) is 17.9. The van der Waals surface area contributed by atoms with Crippen molar-refractivity contribution in [3.05, 3.63) is 83.6 Å². The molecule has 0 saturated carbocycles. The van der Waals surface area contributed by atoms with E-state index in [1.807, 2.05) is 23.5 Å². The lowest BCUT2D eigenvalue weighted by Crippen LogP contribution is -2.22. The third-order valence-electron chi connectivity index (χ3n) is 4.88. The van der Waals surface area contributed by atoms with Crippen LogP contribution in [0.5, 0.6) is 0 Å². The second-order valence-electron chi connectivity index (χ2n) is 7.40. The highest BCUT2D eigenvalue weighted by Crippen LogP contribution is 2.34. The summed E-state index contributed by atoms with van der Waals surface area (Å²) in [5.41, 5.74) is 0.231. The van der Waals surface area contributed by atoms with E-state index < -0.39 is 41.5 Å². The van der Waals surface area contributed by atoms with E-state index in [2.05, 4.69) is 20.5 Å². The van der Waals surface area contributed by atoms with E-state index in [0.717, 1.165) is 23.2 Å². The van der Waals surface area contributed by atoms with Crippen LogP contribution in [0.1, 0.15) is 23.4 Å². The number of nitrogens with zero attached hydrogens (tertiary/aromatic N) is 2. The van der Waals surface area contributed by atoms with Crippen molar-refractivity contribution in [2.24, 2.45) is 0 Å². The third kappa shape index (κ3) is 5.69. The van der Waals surface area contributed by atoms with Crippen molar-refractivity contribution < 1.29 is 27.2 Å². The molecule has 0 unspecified atom stereocenters. The van der Waals surface area contributed by atoms with Crippen LogP contribution in [0.3, 0.4) is 0 Å². The molecule has 0 radical (unpaired) electrons. The normalized spacial score (nSPS) is 11.7. The van der Waals surface area contributed by atoms with Gasteiger partial charge in [0.1, 0.15) is 6.42 Å². The van der Waals surface area contributed by atoms with Crippen LogP contribution >= 0.6 is 0 Å². The van der Waals surface area contributed by atoms with Crippen LogP contribution in [0.15, 0.2) is 60.8 Å². The number of benzene rings is 2. The molecule has 0 saturated heterocycles. The molecule has 0 aliphatic carbocycles. The number of carbonyl (C=O) groups is 2. The largest absolute Gasteiger partial charge is 0.419 e. The average Bonchev–Trinajstić information content (AvgIpc) is 3.21. The van der Waals surface area contributed by atoms with Gasteiger partial charge in [0.05, 0.1) is 28.2 Å². The predicted molar refractivity (Wildman–Crippen MR) is 123 cm³/mol. The summed E-state index contributed by atoms with van der Waals surface area (Å²) in [7, 11) is 0. The molecule has 3 N–H and O–H groups in total. The summed E-state index contributed by atoms with van der Waals surface area (Å²) >= 11 is 0. The second kappa shape index (κ2) is 9.75. The van der Waals surface area contributed by atoms with E-state index >= 15 is 0 Å². The summed E-state index contributed by atoms with van der Waals surface area (Å²) in [6.07, 6.45) is -0.377. The highest BCUT2D eigenvalue weighted by atomic mass is 19.4. The van der Waals surface area contributed by atoms with Crippen LogP contribution < -0.4 is 10.6 Å². The van der Waals surface area contributed by atoms with Gasteiger partial charge in [-0.2, -0.15) is 18.3 Å². The van der Waals surface area contributed by atoms with Crippen LogP contribution in [0.2, 0.25) is 0 Å². The van der Waals surface area contributed by atoms with Crippen molar-refractivity contribution in [2.45, 2.75) is 12.6 Å². The number of fused-ring (bicyclic) bond motifs is 1. The van der Waals surface area contributed by atoms with Crippen molar-refractivity contribution in [2.75, 3.05) is 10.6 Å². The number of hydrogen-bond acceptors (Lipinski definition) is 4.